The number of carbonyl (C=O) groups is 1. The first-order chi connectivity index (χ1) is 10.1. The van der Waals surface area contributed by atoms with E-state index in [1.54, 1.807) is 11.2 Å². The van der Waals surface area contributed by atoms with Crippen molar-refractivity contribution in [1.82, 2.24) is 4.98 Å². The molecule has 1 aromatic heterocycles. The maximum Gasteiger partial charge on any atom is 0.304 e. The fraction of sp³-hybridized carbons (Fsp3) is 0.412. The number of oxazole rings is 1. The molecule has 21 heavy (non-hydrogen) atoms. The van der Waals surface area contributed by atoms with Crippen LogP contribution in [0.3, 0.4) is 0 Å². The zero-order valence-electron chi connectivity index (χ0n) is 12.9. The summed E-state index contributed by atoms with van der Waals surface area (Å²) in [5.74, 6) is -0.0288. The number of unbranched alkanes of at least 4 members (excludes halogenated alkanes) is 1. The Morgan fingerprint density at radius 3 is 2.62 bits per heavy atom. The molecule has 0 aliphatic rings. The van der Waals surface area contributed by atoms with Crippen molar-refractivity contribution < 1.29 is 9.21 Å². The van der Waals surface area contributed by atoms with Crippen molar-refractivity contribution in [3.05, 3.63) is 36.6 Å². The molecule has 4 nitrogen and oxygen atoms in total. The van der Waals surface area contributed by atoms with E-state index in [1.807, 2.05) is 44.2 Å². The van der Waals surface area contributed by atoms with Crippen LogP contribution in [0, 0.1) is 5.92 Å². The van der Waals surface area contributed by atoms with E-state index in [1.165, 1.54) is 0 Å². The summed E-state index contributed by atoms with van der Waals surface area (Å²) in [6.07, 6.45) is 3.56. The minimum absolute atomic E-state index is 0.0462. The molecular weight excluding hydrogens is 264 g/mol. The molecule has 0 N–H and O–H groups in total. The van der Waals surface area contributed by atoms with Crippen LogP contribution in [0.5, 0.6) is 0 Å². The summed E-state index contributed by atoms with van der Waals surface area (Å²) in [5, 5.41) is 0. The largest absolute Gasteiger partial charge is 0.431 e. The number of amides is 1. The second kappa shape index (κ2) is 7.07. The number of hydrogen-bond acceptors (Lipinski definition) is 3. The van der Waals surface area contributed by atoms with Crippen molar-refractivity contribution in [1.29, 1.82) is 0 Å². The fourth-order valence-corrected chi connectivity index (χ4v) is 2.06. The molecular formula is C17H22N2O2. The number of benzene rings is 1. The van der Waals surface area contributed by atoms with E-state index in [0.717, 1.165) is 24.1 Å². The third kappa shape index (κ3) is 3.72. The second-order valence-electron chi connectivity index (χ2n) is 5.38. The normalized spacial score (nSPS) is 10.9. The van der Waals surface area contributed by atoms with E-state index < -0.39 is 0 Å². The molecule has 1 heterocycles. The van der Waals surface area contributed by atoms with E-state index >= 15 is 0 Å². The van der Waals surface area contributed by atoms with Crippen LogP contribution in [0.25, 0.3) is 11.3 Å². The number of anilines is 1. The van der Waals surface area contributed by atoms with E-state index in [4.69, 9.17) is 4.42 Å². The highest BCUT2D eigenvalue weighted by Gasteiger charge is 2.22. The lowest BCUT2D eigenvalue weighted by atomic mass is 10.2. The molecule has 4 heteroatoms. The van der Waals surface area contributed by atoms with Gasteiger partial charge in [0.2, 0.25) is 5.91 Å². The number of hydrogen-bond donors (Lipinski definition) is 0. The highest BCUT2D eigenvalue weighted by molar-refractivity contribution is 5.92. The van der Waals surface area contributed by atoms with Gasteiger partial charge in [-0.2, -0.15) is 4.98 Å². The standard InChI is InChI=1S/C17H22N2O2/c1-4-5-11-19(16(20)13(2)3)17-18-15(12-21-17)14-9-7-6-8-10-14/h6-10,12-13H,4-5,11H2,1-3H3. The Hall–Kier alpha value is -2.10. The van der Waals surface area contributed by atoms with E-state index in [2.05, 4.69) is 11.9 Å². The molecule has 1 amide bonds. The van der Waals surface area contributed by atoms with Crippen molar-refractivity contribution in [2.45, 2.75) is 33.6 Å². The Morgan fingerprint density at radius 2 is 2.00 bits per heavy atom. The second-order valence-corrected chi connectivity index (χ2v) is 5.38. The Balaban J connectivity index is 2.25. The lowest BCUT2D eigenvalue weighted by Gasteiger charge is -2.20. The van der Waals surface area contributed by atoms with Crippen LogP contribution in [-0.2, 0) is 4.79 Å². The summed E-state index contributed by atoms with van der Waals surface area (Å²) in [6.45, 7) is 6.52. The maximum absolute atomic E-state index is 12.3. The molecule has 0 aliphatic carbocycles. The average molecular weight is 286 g/mol. The van der Waals surface area contributed by atoms with Crippen LogP contribution in [-0.4, -0.2) is 17.4 Å². The van der Waals surface area contributed by atoms with Gasteiger partial charge in [-0.15, -0.1) is 0 Å². The summed E-state index contributed by atoms with van der Waals surface area (Å²) in [5.41, 5.74) is 1.74. The third-order valence-corrected chi connectivity index (χ3v) is 3.29. The molecule has 0 saturated carbocycles. The summed E-state index contributed by atoms with van der Waals surface area (Å²) in [6, 6.07) is 10.2. The Kier molecular flexibility index (Phi) is 5.14. The van der Waals surface area contributed by atoms with Gasteiger partial charge < -0.3 is 4.42 Å². The molecule has 2 rings (SSSR count). The molecule has 0 radical (unpaired) electrons. The van der Waals surface area contributed by atoms with Gasteiger partial charge >= 0.3 is 6.01 Å². The van der Waals surface area contributed by atoms with Crippen LogP contribution < -0.4 is 4.90 Å². The molecule has 0 atom stereocenters. The molecule has 0 fully saturated rings. The van der Waals surface area contributed by atoms with Crippen molar-refractivity contribution in [2.24, 2.45) is 5.92 Å². The summed E-state index contributed by atoms with van der Waals surface area (Å²) in [4.78, 5) is 18.5. The molecule has 0 saturated heterocycles. The van der Waals surface area contributed by atoms with Crippen LogP contribution in [0.1, 0.15) is 33.6 Å². The Bertz CT molecular complexity index is 575. The molecule has 0 unspecified atom stereocenters. The fourth-order valence-electron chi connectivity index (χ4n) is 2.06. The SMILES string of the molecule is CCCCN(C(=O)C(C)C)c1nc(-c2ccccc2)co1. The van der Waals surface area contributed by atoms with Gasteiger partial charge in [0.15, 0.2) is 0 Å². The smallest absolute Gasteiger partial charge is 0.304 e. The number of aromatic nitrogens is 1. The van der Waals surface area contributed by atoms with Gasteiger partial charge in [-0.05, 0) is 6.42 Å². The van der Waals surface area contributed by atoms with Crippen molar-refractivity contribution in [2.75, 3.05) is 11.4 Å². The van der Waals surface area contributed by atoms with Crippen LogP contribution >= 0.6 is 0 Å². The number of nitrogens with zero attached hydrogens (tertiary/aromatic N) is 2. The van der Waals surface area contributed by atoms with Gasteiger partial charge in [0.25, 0.3) is 0 Å². The Morgan fingerprint density at radius 1 is 1.29 bits per heavy atom. The lowest BCUT2D eigenvalue weighted by molar-refractivity contribution is -0.121. The predicted molar refractivity (Wildman–Crippen MR) is 84.0 cm³/mol. The lowest BCUT2D eigenvalue weighted by Crippen LogP contribution is -2.35. The first-order valence-electron chi connectivity index (χ1n) is 7.45. The zero-order chi connectivity index (χ0) is 15.2. The van der Waals surface area contributed by atoms with Gasteiger partial charge in [0.1, 0.15) is 12.0 Å². The summed E-state index contributed by atoms with van der Waals surface area (Å²) < 4.78 is 5.54. The van der Waals surface area contributed by atoms with E-state index in [9.17, 15) is 4.79 Å². The Labute approximate surface area is 125 Å². The molecule has 0 spiro atoms. The monoisotopic (exact) mass is 286 g/mol. The van der Waals surface area contributed by atoms with E-state index in [0.29, 0.717) is 12.6 Å². The average Bonchev–Trinajstić information content (AvgIpc) is 2.98. The molecule has 0 bridgehead atoms. The first-order valence-corrected chi connectivity index (χ1v) is 7.45. The summed E-state index contributed by atoms with van der Waals surface area (Å²) >= 11 is 0. The van der Waals surface area contributed by atoms with Gasteiger partial charge in [-0.3, -0.25) is 9.69 Å². The van der Waals surface area contributed by atoms with Gasteiger partial charge in [0.05, 0.1) is 0 Å². The van der Waals surface area contributed by atoms with Crippen LogP contribution in [0.2, 0.25) is 0 Å². The zero-order valence-corrected chi connectivity index (χ0v) is 12.9. The minimum atomic E-state index is -0.0751. The molecule has 0 aliphatic heterocycles. The molecule has 1 aromatic carbocycles. The topological polar surface area (TPSA) is 46.3 Å². The first kappa shape index (κ1) is 15.3. The maximum atomic E-state index is 12.3. The predicted octanol–water partition coefficient (Wildman–Crippen LogP) is 4.13. The van der Waals surface area contributed by atoms with E-state index in [-0.39, 0.29) is 11.8 Å². The summed E-state index contributed by atoms with van der Waals surface area (Å²) in [7, 11) is 0. The quantitative estimate of drug-likeness (QED) is 0.802. The molecule has 2 aromatic rings. The number of carbonyl (C=O) groups excluding carboxylic acids is 1. The third-order valence-electron chi connectivity index (χ3n) is 3.29. The number of rotatable bonds is 6. The highest BCUT2D eigenvalue weighted by Crippen LogP contribution is 2.23. The van der Waals surface area contributed by atoms with Crippen LogP contribution in [0.4, 0.5) is 6.01 Å². The van der Waals surface area contributed by atoms with Gasteiger partial charge in [-0.25, -0.2) is 0 Å². The van der Waals surface area contributed by atoms with Gasteiger partial charge in [-0.1, -0.05) is 57.5 Å². The van der Waals surface area contributed by atoms with Crippen molar-refractivity contribution >= 4 is 11.9 Å². The molecule has 112 valence electrons. The van der Waals surface area contributed by atoms with Crippen molar-refractivity contribution in [3.63, 3.8) is 0 Å². The van der Waals surface area contributed by atoms with Gasteiger partial charge in [0, 0.05) is 18.0 Å². The highest BCUT2D eigenvalue weighted by atomic mass is 16.4. The van der Waals surface area contributed by atoms with Crippen LogP contribution in [0.15, 0.2) is 41.0 Å². The van der Waals surface area contributed by atoms with Crippen molar-refractivity contribution in [3.8, 4) is 11.3 Å². The minimum Gasteiger partial charge on any atom is -0.431 e.